The van der Waals surface area contributed by atoms with Crippen LogP contribution in [0.4, 0.5) is 15.8 Å². The molecule has 0 saturated heterocycles. The van der Waals surface area contributed by atoms with E-state index in [0.29, 0.717) is 28.3 Å². The molecule has 0 saturated carbocycles. The lowest BCUT2D eigenvalue weighted by atomic mass is 10.0. The molecule has 0 aliphatic carbocycles. The maximum absolute atomic E-state index is 14.3. The third-order valence-electron chi connectivity index (χ3n) is 6.13. The van der Waals surface area contributed by atoms with Crippen molar-refractivity contribution in [3.05, 3.63) is 84.3 Å². The van der Waals surface area contributed by atoms with Crippen molar-refractivity contribution in [3.63, 3.8) is 0 Å². The van der Waals surface area contributed by atoms with E-state index in [-0.39, 0.29) is 12.1 Å². The van der Waals surface area contributed by atoms with E-state index < -0.39 is 17.7 Å². The van der Waals surface area contributed by atoms with Crippen LogP contribution in [0.15, 0.2) is 73.2 Å². The Hall–Kier alpha value is -4.88. The number of rotatable bonds is 7. The Morgan fingerprint density at radius 2 is 2.00 bits per heavy atom. The number of nitriles is 1. The van der Waals surface area contributed by atoms with Gasteiger partial charge >= 0.3 is 0 Å². The lowest BCUT2D eigenvalue weighted by Gasteiger charge is -2.22. The van der Waals surface area contributed by atoms with Gasteiger partial charge in [0.25, 0.3) is 5.91 Å². The lowest BCUT2D eigenvalue weighted by molar-refractivity contribution is -0.00177. The molecule has 10 heteroatoms. The van der Waals surface area contributed by atoms with Gasteiger partial charge in [-0.15, -0.1) is 0 Å². The summed E-state index contributed by atoms with van der Waals surface area (Å²) in [5, 5.41) is 30.2. The van der Waals surface area contributed by atoms with E-state index in [1.165, 1.54) is 26.2 Å². The Labute approximate surface area is 217 Å². The van der Waals surface area contributed by atoms with E-state index in [0.717, 1.165) is 16.4 Å². The van der Waals surface area contributed by atoms with Crippen LogP contribution in [0.5, 0.6) is 0 Å². The molecule has 0 bridgehead atoms. The van der Waals surface area contributed by atoms with Gasteiger partial charge in [0, 0.05) is 23.5 Å². The summed E-state index contributed by atoms with van der Waals surface area (Å²) in [6, 6.07) is 18.6. The number of fused-ring (bicyclic) bond motifs is 2. The van der Waals surface area contributed by atoms with Crippen molar-refractivity contribution in [2.24, 2.45) is 0 Å². The minimum atomic E-state index is -1.65. The maximum Gasteiger partial charge on any atom is 0.255 e. The summed E-state index contributed by atoms with van der Waals surface area (Å²) in [6.45, 7) is 2.33. The topological polar surface area (TPSA) is 128 Å². The number of pyridine rings is 2. The van der Waals surface area contributed by atoms with Crippen molar-refractivity contribution >= 4 is 33.7 Å². The van der Waals surface area contributed by atoms with Crippen LogP contribution in [0.2, 0.25) is 0 Å². The number of alkyl halides is 1. The highest BCUT2D eigenvalue weighted by Gasteiger charge is 2.27. The van der Waals surface area contributed by atoms with Crippen LogP contribution in [0.25, 0.3) is 27.8 Å². The summed E-state index contributed by atoms with van der Waals surface area (Å²) in [7, 11) is 0. The molecule has 0 spiro atoms. The fourth-order valence-electron chi connectivity index (χ4n) is 3.97. The first-order valence-corrected chi connectivity index (χ1v) is 11.9. The highest BCUT2D eigenvalue weighted by atomic mass is 19.1. The Balaban J connectivity index is 1.53. The number of nitrogens with one attached hydrogen (secondary N) is 2. The molecule has 0 aliphatic heterocycles. The number of benzene rings is 1. The normalized spacial score (nSPS) is 12.3. The van der Waals surface area contributed by atoms with Crippen LogP contribution >= 0.6 is 0 Å². The average molecular weight is 510 g/mol. The Bertz CT molecular complexity index is 1700. The second-order valence-electron chi connectivity index (χ2n) is 9.39. The van der Waals surface area contributed by atoms with Gasteiger partial charge < -0.3 is 15.7 Å². The number of hydrogen-bond acceptors (Lipinski definition) is 7. The van der Waals surface area contributed by atoms with E-state index in [4.69, 9.17) is 5.26 Å². The third-order valence-corrected chi connectivity index (χ3v) is 6.13. The second kappa shape index (κ2) is 9.88. The van der Waals surface area contributed by atoms with Crippen LogP contribution in [0.3, 0.4) is 0 Å². The highest BCUT2D eigenvalue weighted by molar-refractivity contribution is 6.01. The van der Waals surface area contributed by atoms with E-state index >= 15 is 0 Å². The molecule has 4 heterocycles. The van der Waals surface area contributed by atoms with Crippen LogP contribution in [0.1, 0.15) is 29.8 Å². The van der Waals surface area contributed by atoms with E-state index in [1.54, 1.807) is 22.8 Å². The van der Waals surface area contributed by atoms with Gasteiger partial charge in [0.05, 0.1) is 57.6 Å². The first kappa shape index (κ1) is 24.8. The van der Waals surface area contributed by atoms with Crippen molar-refractivity contribution < 1.29 is 14.3 Å². The molecule has 9 nitrogen and oxygen atoms in total. The zero-order chi connectivity index (χ0) is 26.9. The predicted molar refractivity (Wildman–Crippen MR) is 142 cm³/mol. The highest BCUT2D eigenvalue weighted by Crippen LogP contribution is 2.29. The standard InChI is InChI=1S/C28H24FN7O2/c1-28(2,38)26(29)16-33-27(37)21-15-32-24(25-8-6-20-10-17(13-30)14-34-36(20)25)12-23(21)35-19-5-7-22-18(11-19)4-3-9-31-22/h3-12,14-15,26,38H,16H2,1-2H3,(H,32,35)(H,33,37). The van der Waals surface area contributed by atoms with Crippen LogP contribution in [0, 0.1) is 11.3 Å². The monoisotopic (exact) mass is 509 g/mol. The van der Waals surface area contributed by atoms with Gasteiger partial charge in [0.15, 0.2) is 0 Å². The summed E-state index contributed by atoms with van der Waals surface area (Å²) < 4.78 is 16.0. The molecule has 190 valence electrons. The molecule has 1 amide bonds. The van der Waals surface area contributed by atoms with Crippen molar-refractivity contribution in [2.45, 2.75) is 25.6 Å². The molecule has 1 aromatic carbocycles. The largest absolute Gasteiger partial charge is 0.387 e. The second-order valence-corrected chi connectivity index (χ2v) is 9.39. The SMILES string of the molecule is CC(C)(O)C(F)CNC(=O)c1cnc(-c2ccc3cc(C#N)cnn23)cc1Nc1ccc2ncccc2c1. The van der Waals surface area contributed by atoms with E-state index in [2.05, 4.69) is 31.8 Å². The molecule has 0 aliphatic rings. The average Bonchev–Trinajstić information content (AvgIpc) is 3.34. The minimum Gasteiger partial charge on any atom is -0.387 e. The minimum absolute atomic E-state index is 0.198. The van der Waals surface area contributed by atoms with E-state index in [9.17, 15) is 14.3 Å². The van der Waals surface area contributed by atoms with Gasteiger partial charge in [-0.25, -0.2) is 8.91 Å². The maximum atomic E-state index is 14.3. The Morgan fingerprint density at radius 1 is 1.16 bits per heavy atom. The quantitative estimate of drug-likeness (QED) is 0.297. The number of aliphatic hydroxyl groups is 1. The molecule has 3 N–H and O–H groups in total. The molecule has 5 rings (SSSR count). The summed E-state index contributed by atoms with van der Waals surface area (Å²) in [6.07, 6.45) is 2.94. The van der Waals surface area contributed by atoms with Crippen LogP contribution in [-0.2, 0) is 0 Å². The first-order chi connectivity index (χ1) is 18.2. The van der Waals surface area contributed by atoms with Gasteiger partial charge in [0.2, 0.25) is 0 Å². The van der Waals surface area contributed by atoms with E-state index in [1.807, 2.05) is 42.5 Å². The predicted octanol–water partition coefficient (Wildman–Crippen LogP) is 4.40. The number of anilines is 2. The summed E-state index contributed by atoms with van der Waals surface area (Å²) in [5.74, 6) is -0.544. The summed E-state index contributed by atoms with van der Waals surface area (Å²) in [5.41, 5.74) is 2.94. The molecule has 38 heavy (non-hydrogen) atoms. The van der Waals surface area contributed by atoms with Crippen molar-refractivity contribution in [2.75, 3.05) is 11.9 Å². The van der Waals surface area contributed by atoms with Gasteiger partial charge in [-0.3, -0.25) is 14.8 Å². The number of aromatic nitrogens is 4. The Morgan fingerprint density at radius 3 is 2.79 bits per heavy atom. The van der Waals surface area contributed by atoms with Gasteiger partial charge in [0.1, 0.15) is 12.2 Å². The van der Waals surface area contributed by atoms with Gasteiger partial charge in [-0.05, 0) is 62.4 Å². The van der Waals surface area contributed by atoms with Gasteiger partial charge in [-0.2, -0.15) is 10.4 Å². The zero-order valence-corrected chi connectivity index (χ0v) is 20.7. The summed E-state index contributed by atoms with van der Waals surface area (Å²) >= 11 is 0. The molecule has 0 fully saturated rings. The number of amides is 1. The van der Waals surface area contributed by atoms with Gasteiger partial charge in [-0.1, -0.05) is 6.07 Å². The fourth-order valence-corrected chi connectivity index (χ4v) is 3.97. The number of halogens is 1. The molecule has 0 radical (unpaired) electrons. The smallest absolute Gasteiger partial charge is 0.255 e. The number of hydrogen-bond donors (Lipinski definition) is 3. The van der Waals surface area contributed by atoms with Crippen molar-refractivity contribution in [3.8, 4) is 17.5 Å². The third kappa shape index (κ3) is 5.00. The molecule has 1 unspecified atom stereocenters. The number of carbonyl (C=O) groups excluding carboxylic acids is 1. The fraction of sp³-hybridized carbons (Fsp3) is 0.179. The Kier molecular flexibility index (Phi) is 6.45. The molecule has 5 aromatic rings. The zero-order valence-electron chi connectivity index (χ0n) is 20.7. The number of carbonyl (C=O) groups is 1. The molecule has 4 aromatic heterocycles. The van der Waals surface area contributed by atoms with Crippen molar-refractivity contribution in [1.29, 1.82) is 5.26 Å². The first-order valence-electron chi connectivity index (χ1n) is 11.9. The molecular formula is C28H24FN7O2. The number of nitrogens with zero attached hydrogens (tertiary/aromatic N) is 5. The summed E-state index contributed by atoms with van der Waals surface area (Å²) in [4.78, 5) is 21.9. The molecular weight excluding hydrogens is 485 g/mol. The lowest BCUT2D eigenvalue weighted by Crippen LogP contribution is -2.42. The van der Waals surface area contributed by atoms with Crippen LogP contribution in [-0.4, -0.2) is 48.9 Å². The van der Waals surface area contributed by atoms with Crippen LogP contribution < -0.4 is 10.6 Å². The molecule has 1 atom stereocenters. The van der Waals surface area contributed by atoms with Crippen molar-refractivity contribution in [1.82, 2.24) is 24.9 Å².